The summed E-state index contributed by atoms with van der Waals surface area (Å²) in [6.45, 7) is 6.39. The van der Waals surface area contributed by atoms with E-state index in [0.29, 0.717) is 23.6 Å². The molecule has 0 bridgehead atoms. The Hall–Kier alpha value is -3.00. The van der Waals surface area contributed by atoms with Crippen LogP contribution in [0.15, 0.2) is 39.9 Å². The number of para-hydroxylation sites is 2. The SMILES string of the molecule is COCC(C)c1noc(-c2ncn3c2c(=O)n(C(C)C)c2ccccc23)n1. The van der Waals surface area contributed by atoms with Gasteiger partial charge in [-0.1, -0.05) is 24.2 Å². The summed E-state index contributed by atoms with van der Waals surface area (Å²) in [4.78, 5) is 22.1. The molecule has 4 aromatic rings. The molecule has 3 heterocycles. The maximum absolute atomic E-state index is 13.3. The molecular weight excluding hydrogens is 346 g/mol. The number of imidazole rings is 1. The van der Waals surface area contributed by atoms with Gasteiger partial charge in [0.25, 0.3) is 11.4 Å². The molecular formula is C19H21N5O3. The van der Waals surface area contributed by atoms with Crippen molar-refractivity contribution in [2.24, 2.45) is 0 Å². The minimum absolute atomic E-state index is 0.00452. The zero-order chi connectivity index (χ0) is 19.1. The highest BCUT2D eigenvalue weighted by atomic mass is 16.5. The smallest absolute Gasteiger partial charge is 0.278 e. The molecule has 4 rings (SSSR count). The molecule has 1 atom stereocenters. The number of methoxy groups -OCH3 is 1. The largest absolute Gasteiger partial charge is 0.384 e. The van der Waals surface area contributed by atoms with Gasteiger partial charge in [-0.25, -0.2) is 4.98 Å². The highest BCUT2D eigenvalue weighted by Gasteiger charge is 2.23. The van der Waals surface area contributed by atoms with E-state index in [-0.39, 0.29) is 23.4 Å². The van der Waals surface area contributed by atoms with Crippen LogP contribution in [0, 0.1) is 0 Å². The Kier molecular flexibility index (Phi) is 4.27. The number of ether oxygens (including phenoxy) is 1. The summed E-state index contributed by atoms with van der Waals surface area (Å²) in [5, 5.41) is 4.02. The van der Waals surface area contributed by atoms with Crippen LogP contribution in [0.3, 0.4) is 0 Å². The molecule has 0 saturated heterocycles. The van der Waals surface area contributed by atoms with E-state index < -0.39 is 0 Å². The van der Waals surface area contributed by atoms with Crippen molar-refractivity contribution < 1.29 is 9.26 Å². The summed E-state index contributed by atoms with van der Waals surface area (Å²) in [6.07, 6.45) is 1.63. The lowest BCUT2D eigenvalue weighted by atomic mass is 10.2. The third kappa shape index (κ3) is 2.73. The Bertz CT molecular complexity index is 1170. The number of nitrogens with zero attached hydrogens (tertiary/aromatic N) is 5. The van der Waals surface area contributed by atoms with Crippen LogP contribution in [-0.4, -0.2) is 37.8 Å². The third-order valence-electron chi connectivity index (χ3n) is 4.61. The summed E-state index contributed by atoms with van der Waals surface area (Å²) in [7, 11) is 1.62. The summed E-state index contributed by atoms with van der Waals surface area (Å²) in [5.41, 5.74) is 2.43. The van der Waals surface area contributed by atoms with Crippen LogP contribution in [0.2, 0.25) is 0 Å². The van der Waals surface area contributed by atoms with E-state index in [4.69, 9.17) is 9.26 Å². The predicted molar refractivity (Wildman–Crippen MR) is 101 cm³/mol. The maximum Gasteiger partial charge on any atom is 0.278 e. The van der Waals surface area contributed by atoms with Gasteiger partial charge in [0.15, 0.2) is 11.5 Å². The molecule has 3 aromatic heterocycles. The fourth-order valence-electron chi connectivity index (χ4n) is 3.36. The van der Waals surface area contributed by atoms with Crippen LogP contribution in [0.25, 0.3) is 28.1 Å². The lowest BCUT2D eigenvalue weighted by Crippen LogP contribution is -2.24. The Labute approximate surface area is 155 Å². The lowest BCUT2D eigenvalue weighted by Gasteiger charge is -2.15. The number of benzene rings is 1. The maximum atomic E-state index is 13.3. The van der Waals surface area contributed by atoms with E-state index in [2.05, 4.69) is 15.1 Å². The van der Waals surface area contributed by atoms with Gasteiger partial charge in [-0.05, 0) is 26.0 Å². The summed E-state index contributed by atoms with van der Waals surface area (Å²) in [5.74, 6) is 0.741. The first-order chi connectivity index (χ1) is 13.0. The molecule has 0 spiro atoms. The van der Waals surface area contributed by atoms with E-state index in [9.17, 15) is 4.79 Å². The summed E-state index contributed by atoms with van der Waals surface area (Å²) in [6, 6.07) is 7.76. The van der Waals surface area contributed by atoms with Crippen molar-refractivity contribution >= 4 is 16.6 Å². The topological polar surface area (TPSA) is 87.5 Å². The molecule has 0 aliphatic rings. The molecule has 1 aromatic carbocycles. The van der Waals surface area contributed by atoms with Crippen LogP contribution in [0.5, 0.6) is 0 Å². The number of hydrogen-bond acceptors (Lipinski definition) is 6. The van der Waals surface area contributed by atoms with Gasteiger partial charge >= 0.3 is 0 Å². The standard InChI is InChI=1S/C19H21N5O3/c1-11(2)24-14-8-6-5-7-13(14)23-10-20-15(16(23)19(24)25)18-21-17(22-27-18)12(3)9-26-4/h5-8,10-12H,9H2,1-4H3. The average Bonchev–Trinajstić information content (AvgIpc) is 3.29. The molecule has 27 heavy (non-hydrogen) atoms. The first-order valence-corrected chi connectivity index (χ1v) is 8.86. The Morgan fingerprint density at radius 1 is 1.19 bits per heavy atom. The molecule has 0 aliphatic carbocycles. The molecule has 8 nitrogen and oxygen atoms in total. The molecule has 0 fully saturated rings. The second-order valence-corrected chi connectivity index (χ2v) is 6.88. The minimum Gasteiger partial charge on any atom is -0.384 e. The van der Waals surface area contributed by atoms with Crippen LogP contribution in [-0.2, 0) is 4.74 Å². The zero-order valence-corrected chi connectivity index (χ0v) is 15.7. The van der Waals surface area contributed by atoms with E-state index in [1.54, 1.807) is 22.4 Å². The Morgan fingerprint density at radius 2 is 1.93 bits per heavy atom. The third-order valence-corrected chi connectivity index (χ3v) is 4.61. The van der Waals surface area contributed by atoms with Crippen molar-refractivity contribution in [1.29, 1.82) is 0 Å². The first kappa shape index (κ1) is 17.4. The first-order valence-electron chi connectivity index (χ1n) is 8.86. The van der Waals surface area contributed by atoms with Gasteiger partial charge in [-0.2, -0.15) is 4.98 Å². The van der Waals surface area contributed by atoms with Gasteiger partial charge in [0.05, 0.1) is 17.6 Å². The van der Waals surface area contributed by atoms with Crippen molar-refractivity contribution in [2.75, 3.05) is 13.7 Å². The Balaban J connectivity index is 1.98. The van der Waals surface area contributed by atoms with Crippen LogP contribution >= 0.6 is 0 Å². The quantitative estimate of drug-likeness (QED) is 0.539. The molecule has 1 unspecified atom stereocenters. The van der Waals surface area contributed by atoms with Crippen molar-refractivity contribution in [3.8, 4) is 11.6 Å². The fraction of sp³-hybridized carbons (Fsp3) is 0.368. The van der Waals surface area contributed by atoms with Crippen molar-refractivity contribution in [3.05, 3.63) is 46.8 Å². The number of aromatic nitrogens is 5. The molecule has 0 aliphatic heterocycles. The van der Waals surface area contributed by atoms with Gasteiger partial charge in [0, 0.05) is 19.1 Å². The second-order valence-electron chi connectivity index (χ2n) is 6.88. The summed E-state index contributed by atoms with van der Waals surface area (Å²) < 4.78 is 14.1. The number of hydrogen-bond donors (Lipinski definition) is 0. The average molecular weight is 367 g/mol. The molecule has 8 heteroatoms. The van der Waals surface area contributed by atoms with Crippen LogP contribution in [0.4, 0.5) is 0 Å². The van der Waals surface area contributed by atoms with Crippen molar-refractivity contribution in [3.63, 3.8) is 0 Å². The van der Waals surface area contributed by atoms with Gasteiger partial charge < -0.3 is 13.8 Å². The van der Waals surface area contributed by atoms with Crippen molar-refractivity contribution in [2.45, 2.75) is 32.7 Å². The van der Waals surface area contributed by atoms with Crippen LogP contribution < -0.4 is 5.56 Å². The fourth-order valence-corrected chi connectivity index (χ4v) is 3.36. The monoisotopic (exact) mass is 367 g/mol. The number of rotatable bonds is 5. The van der Waals surface area contributed by atoms with Gasteiger partial charge in [0.2, 0.25) is 0 Å². The zero-order valence-electron chi connectivity index (χ0n) is 15.7. The van der Waals surface area contributed by atoms with E-state index in [1.807, 2.05) is 45.0 Å². The predicted octanol–water partition coefficient (Wildman–Crippen LogP) is 3.03. The molecule has 0 amide bonds. The normalized spacial score (nSPS) is 13.1. The van der Waals surface area contributed by atoms with Gasteiger partial charge in [0.1, 0.15) is 11.8 Å². The highest BCUT2D eigenvalue weighted by molar-refractivity contribution is 5.83. The summed E-state index contributed by atoms with van der Waals surface area (Å²) >= 11 is 0. The van der Waals surface area contributed by atoms with Gasteiger partial charge in [-0.15, -0.1) is 0 Å². The van der Waals surface area contributed by atoms with Crippen LogP contribution in [0.1, 0.15) is 38.6 Å². The van der Waals surface area contributed by atoms with Gasteiger partial charge in [-0.3, -0.25) is 9.20 Å². The Morgan fingerprint density at radius 3 is 2.63 bits per heavy atom. The molecule has 0 radical (unpaired) electrons. The lowest BCUT2D eigenvalue weighted by molar-refractivity contribution is 0.180. The minimum atomic E-state index is -0.138. The molecule has 0 N–H and O–H groups in total. The molecule has 140 valence electrons. The van der Waals surface area contributed by atoms with E-state index >= 15 is 0 Å². The molecule has 0 saturated carbocycles. The van der Waals surface area contributed by atoms with E-state index in [1.165, 1.54) is 0 Å². The second kappa shape index (κ2) is 6.62. The number of fused-ring (bicyclic) bond motifs is 3. The van der Waals surface area contributed by atoms with Crippen molar-refractivity contribution in [1.82, 2.24) is 24.1 Å². The highest BCUT2D eigenvalue weighted by Crippen LogP contribution is 2.25. The van der Waals surface area contributed by atoms with E-state index in [0.717, 1.165) is 11.0 Å².